The second-order valence-electron chi connectivity index (χ2n) is 10.0. The second-order valence-corrected chi connectivity index (χ2v) is 10.0. The molecule has 0 spiro atoms. The zero-order valence-electron chi connectivity index (χ0n) is 18.1. The summed E-state index contributed by atoms with van der Waals surface area (Å²) in [4.78, 5) is 5.96. The Balaban J connectivity index is 1.35. The molecule has 0 radical (unpaired) electrons. The first-order valence-electron chi connectivity index (χ1n) is 11.5. The number of nitrogens with zero attached hydrogens (tertiary/aromatic N) is 1. The predicted octanol–water partition coefficient (Wildman–Crippen LogP) is 4.68. The van der Waals surface area contributed by atoms with Crippen LogP contribution < -0.4 is 5.73 Å². The van der Waals surface area contributed by atoms with Crippen molar-refractivity contribution in [3.63, 3.8) is 0 Å². The first-order chi connectivity index (χ1) is 14.7. The lowest BCUT2D eigenvalue weighted by Gasteiger charge is -2.45. The molecule has 2 aliphatic heterocycles. The van der Waals surface area contributed by atoms with Crippen molar-refractivity contribution < 1.29 is 17.9 Å². The maximum absolute atomic E-state index is 13.3. The second kappa shape index (κ2) is 7.78. The maximum atomic E-state index is 13.3. The van der Waals surface area contributed by atoms with E-state index in [1.54, 1.807) is 6.07 Å². The molecule has 3 N–H and O–H groups in total. The van der Waals surface area contributed by atoms with Crippen molar-refractivity contribution in [2.24, 2.45) is 17.6 Å². The average molecular weight is 436 g/mol. The van der Waals surface area contributed by atoms with Gasteiger partial charge in [-0.05, 0) is 86.7 Å². The molecular formula is C24H32F3N3O. The van der Waals surface area contributed by atoms with Gasteiger partial charge < -0.3 is 20.4 Å². The number of nitrogens with one attached hydrogen (secondary N) is 1. The fourth-order valence-corrected chi connectivity index (χ4v) is 6.13. The van der Waals surface area contributed by atoms with Gasteiger partial charge >= 0.3 is 6.18 Å². The van der Waals surface area contributed by atoms with Crippen LogP contribution in [0.1, 0.15) is 55.3 Å². The van der Waals surface area contributed by atoms with Crippen LogP contribution in [0.5, 0.6) is 0 Å². The number of likely N-dealkylation sites (tertiary alicyclic amines) is 1. The lowest BCUT2D eigenvalue weighted by Crippen LogP contribution is -2.50. The number of alkyl halides is 3. The highest BCUT2D eigenvalue weighted by atomic mass is 19.4. The van der Waals surface area contributed by atoms with E-state index >= 15 is 0 Å². The Kier molecular flexibility index (Phi) is 5.34. The van der Waals surface area contributed by atoms with Gasteiger partial charge in [-0.1, -0.05) is 6.92 Å². The SMILES string of the molecule is C[C@H]1c2c([nH]c3ccc(C(F)(F)F)cc23)CC2CCN(CCC3(N)CCOCC3)C[C@@H]21. The third-order valence-corrected chi connectivity index (χ3v) is 8.12. The molecule has 2 aromatic rings. The zero-order valence-corrected chi connectivity index (χ0v) is 18.1. The quantitative estimate of drug-likeness (QED) is 0.736. The molecule has 1 unspecified atom stereocenters. The number of piperidine rings is 1. The summed E-state index contributed by atoms with van der Waals surface area (Å²) in [6, 6.07) is 4.11. The Morgan fingerprint density at radius 3 is 2.77 bits per heavy atom. The number of rotatable bonds is 3. The summed E-state index contributed by atoms with van der Waals surface area (Å²) in [5, 5.41) is 0.746. The number of hydrogen-bond acceptors (Lipinski definition) is 3. The summed E-state index contributed by atoms with van der Waals surface area (Å²) in [5.41, 5.74) is 8.97. The monoisotopic (exact) mass is 435 g/mol. The molecule has 3 aliphatic rings. The molecule has 0 saturated carbocycles. The van der Waals surface area contributed by atoms with Crippen LogP contribution in [-0.2, 0) is 17.3 Å². The summed E-state index contributed by atoms with van der Waals surface area (Å²) in [7, 11) is 0. The summed E-state index contributed by atoms with van der Waals surface area (Å²) in [6.07, 6.45) is 0.579. The molecule has 3 atom stereocenters. The van der Waals surface area contributed by atoms with Crippen molar-refractivity contribution in [3.8, 4) is 0 Å². The molecule has 3 heterocycles. The molecule has 4 nitrogen and oxygen atoms in total. The minimum Gasteiger partial charge on any atom is -0.381 e. The van der Waals surface area contributed by atoms with Crippen LogP contribution in [0, 0.1) is 11.8 Å². The summed E-state index contributed by atoms with van der Waals surface area (Å²) in [5.74, 6) is 1.30. The van der Waals surface area contributed by atoms with Crippen LogP contribution in [0.25, 0.3) is 10.9 Å². The number of halogens is 3. The van der Waals surface area contributed by atoms with E-state index in [1.807, 2.05) is 0 Å². The number of benzene rings is 1. The predicted molar refractivity (Wildman–Crippen MR) is 115 cm³/mol. The smallest absolute Gasteiger partial charge is 0.381 e. The summed E-state index contributed by atoms with van der Waals surface area (Å²) >= 11 is 0. The van der Waals surface area contributed by atoms with E-state index in [0.29, 0.717) is 11.8 Å². The van der Waals surface area contributed by atoms with E-state index in [9.17, 15) is 13.2 Å². The summed E-state index contributed by atoms with van der Waals surface area (Å²) in [6.45, 7) is 6.78. The fourth-order valence-electron chi connectivity index (χ4n) is 6.13. The number of H-pyrrole nitrogens is 1. The number of aromatic amines is 1. The van der Waals surface area contributed by atoms with Crippen LogP contribution >= 0.6 is 0 Å². The largest absolute Gasteiger partial charge is 0.416 e. The molecule has 1 aromatic carbocycles. The van der Waals surface area contributed by atoms with Crippen LogP contribution in [0.15, 0.2) is 18.2 Å². The van der Waals surface area contributed by atoms with E-state index in [1.165, 1.54) is 12.1 Å². The topological polar surface area (TPSA) is 54.3 Å². The lowest BCUT2D eigenvalue weighted by molar-refractivity contribution is -0.137. The van der Waals surface area contributed by atoms with E-state index in [2.05, 4.69) is 16.8 Å². The first kappa shape index (κ1) is 21.3. The van der Waals surface area contributed by atoms with Gasteiger partial charge in [0.05, 0.1) is 5.56 Å². The number of nitrogens with two attached hydrogens (primary N) is 1. The Hall–Kier alpha value is -1.57. The Labute approximate surface area is 181 Å². The van der Waals surface area contributed by atoms with E-state index < -0.39 is 11.7 Å². The van der Waals surface area contributed by atoms with Crippen molar-refractivity contribution in [3.05, 3.63) is 35.0 Å². The van der Waals surface area contributed by atoms with Gasteiger partial charge in [0.1, 0.15) is 0 Å². The van der Waals surface area contributed by atoms with Crippen molar-refractivity contribution in [1.82, 2.24) is 9.88 Å². The Morgan fingerprint density at radius 2 is 2.03 bits per heavy atom. The molecule has 0 bridgehead atoms. The van der Waals surface area contributed by atoms with E-state index in [-0.39, 0.29) is 11.5 Å². The number of hydrogen-bond donors (Lipinski definition) is 2. The number of aromatic nitrogens is 1. The molecule has 5 rings (SSSR count). The van der Waals surface area contributed by atoms with Gasteiger partial charge in [-0.15, -0.1) is 0 Å². The molecule has 1 aliphatic carbocycles. The molecule has 2 fully saturated rings. The van der Waals surface area contributed by atoms with Crippen molar-refractivity contribution >= 4 is 10.9 Å². The third-order valence-electron chi connectivity index (χ3n) is 8.12. The maximum Gasteiger partial charge on any atom is 0.416 e. The summed E-state index contributed by atoms with van der Waals surface area (Å²) < 4.78 is 45.4. The molecule has 170 valence electrons. The van der Waals surface area contributed by atoms with Crippen LogP contribution in [0.2, 0.25) is 0 Å². The van der Waals surface area contributed by atoms with Gasteiger partial charge in [0.25, 0.3) is 0 Å². The Bertz CT molecular complexity index is 947. The Morgan fingerprint density at radius 1 is 1.26 bits per heavy atom. The van der Waals surface area contributed by atoms with Gasteiger partial charge in [-0.2, -0.15) is 13.2 Å². The van der Waals surface area contributed by atoms with Gasteiger partial charge in [0.2, 0.25) is 0 Å². The average Bonchev–Trinajstić information content (AvgIpc) is 3.10. The van der Waals surface area contributed by atoms with Gasteiger partial charge in [0.15, 0.2) is 0 Å². The highest BCUT2D eigenvalue weighted by Gasteiger charge is 2.41. The first-order valence-corrected chi connectivity index (χ1v) is 11.5. The highest BCUT2D eigenvalue weighted by molar-refractivity contribution is 5.86. The fraction of sp³-hybridized carbons (Fsp3) is 0.667. The van der Waals surface area contributed by atoms with Crippen molar-refractivity contribution in [2.45, 2.75) is 56.7 Å². The highest BCUT2D eigenvalue weighted by Crippen LogP contribution is 2.47. The number of ether oxygens (including phenoxy) is 1. The minimum atomic E-state index is -4.32. The molecule has 7 heteroatoms. The van der Waals surface area contributed by atoms with Gasteiger partial charge in [0, 0.05) is 41.9 Å². The molecule has 1 aromatic heterocycles. The van der Waals surface area contributed by atoms with Crippen LogP contribution in [0.4, 0.5) is 13.2 Å². The van der Waals surface area contributed by atoms with E-state index in [0.717, 1.165) is 87.1 Å². The molecule has 0 amide bonds. The number of fused-ring (bicyclic) bond motifs is 4. The van der Waals surface area contributed by atoms with Crippen LogP contribution in [0.3, 0.4) is 0 Å². The third kappa shape index (κ3) is 4.00. The van der Waals surface area contributed by atoms with Gasteiger partial charge in [-0.25, -0.2) is 0 Å². The van der Waals surface area contributed by atoms with E-state index in [4.69, 9.17) is 10.5 Å². The van der Waals surface area contributed by atoms with Gasteiger partial charge in [-0.3, -0.25) is 0 Å². The molecule has 31 heavy (non-hydrogen) atoms. The minimum absolute atomic E-state index is 0.120. The molecular weight excluding hydrogens is 403 g/mol. The molecule has 2 saturated heterocycles. The normalized spacial score (nSPS) is 29.0. The lowest BCUT2D eigenvalue weighted by atomic mass is 9.68. The zero-order chi connectivity index (χ0) is 21.8. The van der Waals surface area contributed by atoms with Crippen molar-refractivity contribution in [2.75, 3.05) is 32.8 Å². The van der Waals surface area contributed by atoms with Crippen LogP contribution in [-0.4, -0.2) is 48.3 Å². The van der Waals surface area contributed by atoms with Crippen molar-refractivity contribution in [1.29, 1.82) is 0 Å². The standard InChI is InChI=1S/C24H32F3N3O/c1-15-19-14-30(9-5-23(28)6-10-31-11-7-23)8-4-16(19)12-21-22(15)18-13-17(24(25,26)27)2-3-20(18)29-21/h2-3,13,15-16,19,29H,4-12,14,28H2,1H3/t15-,16?,19-/m1/s1.